The summed E-state index contributed by atoms with van der Waals surface area (Å²) in [5.41, 5.74) is 2.15. The Bertz CT molecular complexity index is 1020. The molecule has 1 N–H and O–H groups in total. The van der Waals surface area contributed by atoms with Crippen molar-refractivity contribution in [3.8, 4) is 0 Å². The molecule has 0 bridgehead atoms. The van der Waals surface area contributed by atoms with Gasteiger partial charge in [0.1, 0.15) is 0 Å². The van der Waals surface area contributed by atoms with Crippen molar-refractivity contribution in [2.24, 2.45) is 5.92 Å². The molecule has 1 heterocycles. The molecule has 1 saturated heterocycles. The first-order valence-electron chi connectivity index (χ1n) is 11.2. The van der Waals surface area contributed by atoms with Crippen molar-refractivity contribution < 1.29 is 13.2 Å². The minimum atomic E-state index is -3.36. The molecular weight excluding hydrogens is 499 g/mol. The van der Waals surface area contributed by atoms with Crippen LogP contribution in [0.4, 0.5) is 0 Å². The molecular formula is C24H30Cl2N2O3S2. The van der Waals surface area contributed by atoms with Crippen LogP contribution in [0.15, 0.2) is 48.5 Å². The van der Waals surface area contributed by atoms with Crippen LogP contribution >= 0.6 is 35.0 Å². The Hall–Kier alpha value is -1.25. The fourth-order valence-corrected chi connectivity index (χ4v) is 6.85. The molecule has 1 fully saturated rings. The standard InChI is InChI=1S/C24H30Cl2N2O3S2/c25-22-11-10-21(23(26)16-22)18-32-14-12-27-24(29)20-9-4-13-28(17-20)33(30,31)15-5-8-19-6-2-1-3-7-19/h1-3,6-7,10-11,16,20H,4-5,8-9,12-15,17-18H2,(H,27,29)/t20-/m1/s1. The first-order chi connectivity index (χ1) is 15.8. The van der Waals surface area contributed by atoms with E-state index in [0.717, 1.165) is 35.5 Å². The van der Waals surface area contributed by atoms with Crippen LogP contribution in [0.1, 0.15) is 30.4 Å². The second-order valence-electron chi connectivity index (χ2n) is 8.18. The van der Waals surface area contributed by atoms with E-state index in [4.69, 9.17) is 23.2 Å². The fourth-order valence-electron chi connectivity index (χ4n) is 3.85. The number of hydrogen-bond acceptors (Lipinski definition) is 4. The van der Waals surface area contributed by atoms with E-state index in [0.29, 0.717) is 36.0 Å². The molecule has 180 valence electrons. The first kappa shape index (κ1) is 26.4. The largest absolute Gasteiger partial charge is 0.355 e. The Morgan fingerprint density at radius 3 is 2.70 bits per heavy atom. The Labute approximate surface area is 211 Å². The van der Waals surface area contributed by atoms with Crippen LogP contribution in [0.5, 0.6) is 0 Å². The lowest BCUT2D eigenvalue weighted by Gasteiger charge is -2.31. The van der Waals surface area contributed by atoms with Gasteiger partial charge in [0.25, 0.3) is 0 Å². The Balaban J connectivity index is 1.38. The van der Waals surface area contributed by atoms with Crippen LogP contribution in [0, 0.1) is 5.92 Å². The van der Waals surface area contributed by atoms with E-state index in [1.165, 1.54) is 4.31 Å². The van der Waals surface area contributed by atoms with Gasteiger partial charge in [-0.05, 0) is 48.9 Å². The van der Waals surface area contributed by atoms with Gasteiger partial charge >= 0.3 is 0 Å². The van der Waals surface area contributed by atoms with Gasteiger partial charge in [-0.3, -0.25) is 4.79 Å². The third-order valence-corrected chi connectivity index (χ3v) is 9.20. The molecule has 1 aliphatic heterocycles. The number of halogens is 2. The van der Waals surface area contributed by atoms with Gasteiger partial charge in [0.2, 0.25) is 15.9 Å². The minimum absolute atomic E-state index is 0.0655. The quantitative estimate of drug-likeness (QED) is 0.416. The summed E-state index contributed by atoms with van der Waals surface area (Å²) < 4.78 is 27.1. The lowest BCUT2D eigenvalue weighted by molar-refractivity contribution is -0.125. The van der Waals surface area contributed by atoms with Crippen LogP contribution in [0.25, 0.3) is 0 Å². The maximum Gasteiger partial charge on any atom is 0.224 e. The predicted molar refractivity (Wildman–Crippen MR) is 138 cm³/mol. The van der Waals surface area contributed by atoms with E-state index in [1.807, 2.05) is 42.5 Å². The van der Waals surface area contributed by atoms with Crippen molar-refractivity contribution >= 4 is 50.9 Å². The number of carbonyl (C=O) groups is 1. The van der Waals surface area contributed by atoms with Gasteiger partial charge in [-0.2, -0.15) is 11.8 Å². The van der Waals surface area contributed by atoms with Gasteiger partial charge in [0.15, 0.2) is 0 Å². The van der Waals surface area contributed by atoms with Crippen LogP contribution in [-0.4, -0.2) is 49.8 Å². The van der Waals surface area contributed by atoms with Crippen LogP contribution in [0.3, 0.4) is 0 Å². The van der Waals surface area contributed by atoms with E-state index in [1.54, 1.807) is 17.8 Å². The molecule has 0 unspecified atom stereocenters. The number of thioether (sulfide) groups is 1. The molecule has 2 aromatic rings. The van der Waals surface area contributed by atoms with Crippen molar-refractivity contribution in [1.29, 1.82) is 0 Å². The number of rotatable bonds is 11. The molecule has 1 amide bonds. The maximum atomic E-state index is 12.8. The van der Waals surface area contributed by atoms with Gasteiger partial charge in [0, 0.05) is 41.2 Å². The van der Waals surface area contributed by atoms with Gasteiger partial charge in [0.05, 0.1) is 11.7 Å². The van der Waals surface area contributed by atoms with E-state index in [-0.39, 0.29) is 24.1 Å². The fraction of sp³-hybridized carbons (Fsp3) is 0.458. The summed E-state index contributed by atoms with van der Waals surface area (Å²) in [5.74, 6) is 1.24. The molecule has 1 atom stereocenters. The zero-order valence-electron chi connectivity index (χ0n) is 18.5. The minimum Gasteiger partial charge on any atom is -0.355 e. The Morgan fingerprint density at radius 1 is 1.15 bits per heavy atom. The van der Waals surface area contributed by atoms with E-state index in [2.05, 4.69) is 5.32 Å². The number of hydrogen-bond donors (Lipinski definition) is 1. The lowest BCUT2D eigenvalue weighted by Crippen LogP contribution is -2.46. The highest BCUT2D eigenvalue weighted by atomic mass is 35.5. The Kier molecular flexibility index (Phi) is 10.4. The van der Waals surface area contributed by atoms with Crippen molar-refractivity contribution in [2.45, 2.75) is 31.4 Å². The van der Waals surface area contributed by atoms with Crippen molar-refractivity contribution in [2.75, 3.05) is 31.1 Å². The SMILES string of the molecule is O=C(NCCSCc1ccc(Cl)cc1Cl)[C@@H]1CCCN(S(=O)(=O)CCCc2ccccc2)C1. The first-order valence-corrected chi connectivity index (χ1v) is 14.7. The molecule has 1 aliphatic rings. The number of piperidine rings is 1. The topological polar surface area (TPSA) is 66.5 Å². The van der Waals surface area contributed by atoms with Crippen molar-refractivity contribution in [1.82, 2.24) is 9.62 Å². The van der Waals surface area contributed by atoms with E-state index < -0.39 is 10.0 Å². The van der Waals surface area contributed by atoms with Gasteiger partial charge < -0.3 is 5.32 Å². The van der Waals surface area contributed by atoms with Crippen LogP contribution in [-0.2, 0) is 27.0 Å². The normalized spacial score (nSPS) is 17.1. The summed E-state index contributed by atoms with van der Waals surface area (Å²) in [4.78, 5) is 12.6. The van der Waals surface area contributed by atoms with Crippen LogP contribution < -0.4 is 5.32 Å². The Morgan fingerprint density at radius 2 is 1.94 bits per heavy atom. The molecule has 0 saturated carbocycles. The molecule has 2 aromatic carbocycles. The lowest BCUT2D eigenvalue weighted by atomic mass is 9.99. The van der Waals surface area contributed by atoms with E-state index >= 15 is 0 Å². The second kappa shape index (κ2) is 13.0. The summed E-state index contributed by atoms with van der Waals surface area (Å²) >= 11 is 13.8. The second-order valence-corrected chi connectivity index (χ2v) is 12.2. The molecule has 3 rings (SSSR count). The third kappa shape index (κ3) is 8.48. The predicted octanol–water partition coefficient (Wildman–Crippen LogP) is 5.02. The summed E-state index contributed by atoms with van der Waals surface area (Å²) in [5, 5.41) is 4.22. The average Bonchev–Trinajstić information content (AvgIpc) is 2.80. The molecule has 5 nitrogen and oxygen atoms in total. The highest BCUT2D eigenvalue weighted by molar-refractivity contribution is 7.98. The maximum absolute atomic E-state index is 12.8. The number of nitrogens with zero attached hydrogens (tertiary/aromatic N) is 1. The average molecular weight is 530 g/mol. The number of amides is 1. The smallest absolute Gasteiger partial charge is 0.224 e. The van der Waals surface area contributed by atoms with Gasteiger partial charge in [-0.15, -0.1) is 0 Å². The monoisotopic (exact) mass is 528 g/mol. The summed E-state index contributed by atoms with van der Waals surface area (Å²) in [6.07, 6.45) is 2.74. The molecule has 33 heavy (non-hydrogen) atoms. The highest BCUT2D eigenvalue weighted by Crippen LogP contribution is 2.25. The molecule has 0 aromatic heterocycles. The number of nitrogens with one attached hydrogen (secondary N) is 1. The molecule has 0 spiro atoms. The molecule has 0 aliphatic carbocycles. The highest BCUT2D eigenvalue weighted by Gasteiger charge is 2.31. The number of benzene rings is 2. The van der Waals surface area contributed by atoms with Gasteiger partial charge in [-0.25, -0.2) is 12.7 Å². The molecule has 0 radical (unpaired) electrons. The summed E-state index contributed by atoms with van der Waals surface area (Å²) in [6, 6.07) is 15.3. The van der Waals surface area contributed by atoms with Crippen LogP contribution in [0.2, 0.25) is 10.0 Å². The molecule has 9 heteroatoms. The summed E-state index contributed by atoms with van der Waals surface area (Å²) in [6.45, 7) is 1.30. The number of aryl methyl sites for hydroxylation is 1. The summed E-state index contributed by atoms with van der Waals surface area (Å²) in [7, 11) is -3.36. The number of sulfonamides is 1. The van der Waals surface area contributed by atoms with Crippen molar-refractivity contribution in [3.63, 3.8) is 0 Å². The van der Waals surface area contributed by atoms with E-state index in [9.17, 15) is 13.2 Å². The zero-order valence-corrected chi connectivity index (χ0v) is 21.7. The van der Waals surface area contributed by atoms with Crippen molar-refractivity contribution in [3.05, 3.63) is 69.7 Å². The third-order valence-electron chi connectivity index (χ3n) is 5.68. The number of carbonyl (C=O) groups excluding carboxylic acids is 1. The van der Waals surface area contributed by atoms with Gasteiger partial charge in [-0.1, -0.05) is 59.6 Å². The zero-order chi connectivity index (χ0) is 23.7.